The largest absolute Gasteiger partial charge is 0.565 e. The van der Waals surface area contributed by atoms with Crippen LogP contribution in [0.5, 0.6) is 0 Å². The average molecular weight is 295 g/mol. The Hall–Kier alpha value is -2.42. The van der Waals surface area contributed by atoms with Crippen LogP contribution in [-0.4, -0.2) is 17.6 Å². The van der Waals surface area contributed by atoms with Crippen LogP contribution in [0.1, 0.15) is 39.9 Å². The molecule has 0 atom stereocenters. The van der Waals surface area contributed by atoms with Crippen molar-refractivity contribution in [2.45, 2.75) is 34.6 Å². The predicted octanol–water partition coefficient (Wildman–Crippen LogP) is 3.05. The molecule has 6 heteroatoms. The number of allylic oxidation sites excluding steroid dienone is 1. The van der Waals surface area contributed by atoms with E-state index in [1.807, 2.05) is 46.2 Å². The maximum absolute atomic E-state index is 9.62. The molecule has 2 radical (unpaired) electrons. The highest BCUT2D eigenvalue weighted by molar-refractivity contribution is 6.06. The molecule has 5 nitrogen and oxygen atoms in total. The zero-order valence-electron chi connectivity index (χ0n) is 13.7. The number of furan rings is 1. The summed E-state index contributed by atoms with van der Waals surface area (Å²) in [7, 11) is 7.32. The Balaban J connectivity index is 2.80. The van der Waals surface area contributed by atoms with Gasteiger partial charge in [-0.15, -0.1) is 0 Å². The van der Waals surface area contributed by atoms with Gasteiger partial charge in [-0.1, -0.05) is 0 Å². The molecule has 0 saturated heterocycles. The summed E-state index contributed by atoms with van der Waals surface area (Å²) in [5.74, 6) is 2.33. The molecule has 2 aromatic heterocycles. The molecular weight excluding hydrogens is 277 g/mol. The first kappa shape index (κ1) is 16.0. The second-order valence-corrected chi connectivity index (χ2v) is 5.32. The van der Waals surface area contributed by atoms with E-state index in [-0.39, 0.29) is 11.3 Å². The summed E-state index contributed by atoms with van der Waals surface area (Å²) < 4.78 is 12.6. The minimum absolute atomic E-state index is 0.264. The van der Waals surface area contributed by atoms with E-state index in [4.69, 9.17) is 17.1 Å². The monoisotopic (exact) mass is 295 g/mol. The van der Waals surface area contributed by atoms with Gasteiger partial charge < -0.3 is 13.6 Å². The third kappa shape index (κ3) is 2.33. The van der Waals surface area contributed by atoms with Crippen LogP contribution in [0, 0.1) is 45.9 Å². The molecule has 22 heavy (non-hydrogen) atoms. The summed E-state index contributed by atoms with van der Waals surface area (Å²) in [6, 6.07) is 2.15. The van der Waals surface area contributed by atoms with Crippen molar-refractivity contribution >= 4 is 19.4 Å². The number of rotatable bonds is 3. The van der Waals surface area contributed by atoms with Gasteiger partial charge in [0.1, 0.15) is 34.7 Å². The third-order valence-electron chi connectivity index (χ3n) is 4.08. The van der Waals surface area contributed by atoms with Gasteiger partial charge in [0.15, 0.2) is 5.76 Å². The summed E-state index contributed by atoms with van der Waals surface area (Å²) in [6.07, 6.45) is 0. The van der Waals surface area contributed by atoms with Gasteiger partial charge in [0.25, 0.3) is 0 Å². The van der Waals surface area contributed by atoms with Crippen molar-refractivity contribution in [3.63, 3.8) is 0 Å². The highest BCUT2D eigenvalue weighted by Crippen LogP contribution is 2.33. The topological polar surface area (TPSA) is 64.0 Å². The van der Waals surface area contributed by atoms with Gasteiger partial charge in [-0.2, -0.15) is 5.26 Å². The Morgan fingerprint density at radius 2 is 1.86 bits per heavy atom. The maximum atomic E-state index is 9.62. The van der Waals surface area contributed by atoms with Gasteiger partial charge in [-0.3, -0.25) is 0 Å². The molecule has 0 fully saturated rings. The molecule has 0 spiro atoms. The highest BCUT2D eigenvalue weighted by Gasteiger charge is 2.23. The number of nitriles is 1. The van der Waals surface area contributed by atoms with Crippen molar-refractivity contribution in [2.24, 2.45) is 7.05 Å². The summed E-state index contributed by atoms with van der Waals surface area (Å²) in [5.41, 5.74) is 3.59. The molecule has 2 aromatic rings. The van der Waals surface area contributed by atoms with Crippen LogP contribution in [0.15, 0.2) is 4.42 Å². The zero-order chi connectivity index (χ0) is 16.6. The van der Waals surface area contributed by atoms with Gasteiger partial charge in [-0.25, -0.2) is 4.98 Å². The maximum Gasteiger partial charge on any atom is 0.374 e. The standard InChI is InChI=1S/C16H18BN3O2/c1-8-9(2)15(21-11(8)4)13(7-18)16(22-17)14-10(3)19-12(5)20(14)6/h1-6H3. The minimum atomic E-state index is 0.264. The Bertz CT molecular complexity index is 806. The molecular formula is C16H18BN3O2. The van der Waals surface area contributed by atoms with Gasteiger partial charge in [0.05, 0.1) is 5.69 Å². The number of nitrogens with zero attached hydrogens (tertiary/aromatic N) is 3. The van der Waals surface area contributed by atoms with Crippen LogP contribution in [0.4, 0.5) is 0 Å². The first-order chi connectivity index (χ1) is 10.3. The zero-order valence-corrected chi connectivity index (χ0v) is 13.7. The van der Waals surface area contributed by atoms with Crippen LogP contribution >= 0.6 is 0 Å². The van der Waals surface area contributed by atoms with Crippen molar-refractivity contribution in [1.82, 2.24) is 9.55 Å². The van der Waals surface area contributed by atoms with E-state index in [2.05, 4.69) is 11.1 Å². The molecule has 0 unspecified atom stereocenters. The lowest BCUT2D eigenvalue weighted by Gasteiger charge is -2.12. The van der Waals surface area contributed by atoms with E-state index >= 15 is 0 Å². The summed E-state index contributed by atoms with van der Waals surface area (Å²) >= 11 is 0. The molecule has 0 aliphatic carbocycles. The molecule has 2 heterocycles. The minimum Gasteiger partial charge on any atom is -0.565 e. The number of aromatic nitrogens is 2. The summed E-state index contributed by atoms with van der Waals surface area (Å²) in [6.45, 7) is 9.46. The van der Waals surface area contributed by atoms with Crippen LogP contribution in [0.25, 0.3) is 11.3 Å². The van der Waals surface area contributed by atoms with Crippen molar-refractivity contribution < 1.29 is 9.07 Å². The van der Waals surface area contributed by atoms with Crippen LogP contribution in [0.2, 0.25) is 0 Å². The molecule has 0 aliphatic heterocycles. The van der Waals surface area contributed by atoms with Crippen molar-refractivity contribution in [2.75, 3.05) is 0 Å². The van der Waals surface area contributed by atoms with Crippen molar-refractivity contribution in [3.8, 4) is 6.07 Å². The lowest BCUT2D eigenvalue weighted by atomic mass is 10.0. The van der Waals surface area contributed by atoms with E-state index in [9.17, 15) is 5.26 Å². The summed E-state index contributed by atoms with van der Waals surface area (Å²) in [5, 5.41) is 9.62. The number of hydrogen-bond acceptors (Lipinski definition) is 4. The molecule has 112 valence electrons. The Labute approximate surface area is 131 Å². The fourth-order valence-corrected chi connectivity index (χ4v) is 2.51. The predicted molar refractivity (Wildman–Crippen MR) is 84.9 cm³/mol. The average Bonchev–Trinajstić information content (AvgIpc) is 2.88. The molecule has 0 N–H and O–H groups in total. The van der Waals surface area contributed by atoms with E-state index in [0.717, 1.165) is 28.4 Å². The van der Waals surface area contributed by atoms with E-state index in [1.54, 1.807) is 0 Å². The third-order valence-corrected chi connectivity index (χ3v) is 4.08. The van der Waals surface area contributed by atoms with Crippen molar-refractivity contribution in [3.05, 3.63) is 39.9 Å². The van der Waals surface area contributed by atoms with E-state index < -0.39 is 0 Å². The first-order valence-electron chi connectivity index (χ1n) is 6.91. The lowest BCUT2D eigenvalue weighted by Crippen LogP contribution is -2.03. The highest BCUT2D eigenvalue weighted by atomic mass is 16.4. The fraction of sp³-hybridized carbons (Fsp3) is 0.375. The van der Waals surface area contributed by atoms with Gasteiger partial charge in [-0.05, 0) is 45.7 Å². The molecule has 0 amide bonds. The van der Waals surface area contributed by atoms with Crippen LogP contribution < -0.4 is 0 Å². The Kier molecular flexibility index (Phi) is 4.18. The number of hydrogen-bond donors (Lipinski definition) is 0. The SMILES string of the molecule is [B]OC(=C(C#N)c1oc(C)c(C)c1C)c1c(C)nc(C)n1C. The normalized spacial score (nSPS) is 12.0. The number of aryl methyl sites for hydroxylation is 3. The van der Waals surface area contributed by atoms with E-state index in [0.29, 0.717) is 11.5 Å². The fourth-order valence-electron chi connectivity index (χ4n) is 2.51. The Morgan fingerprint density at radius 3 is 2.23 bits per heavy atom. The molecule has 0 bridgehead atoms. The quantitative estimate of drug-likeness (QED) is 0.496. The number of imidazole rings is 1. The smallest absolute Gasteiger partial charge is 0.374 e. The molecule has 0 saturated carbocycles. The van der Waals surface area contributed by atoms with E-state index in [1.165, 1.54) is 0 Å². The van der Waals surface area contributed by atoms with Gasteiger partial charge in [0.2, 0.25) is 0 Å². The summed E-state index contributed by atoms with van der Waals surface area (Å²) in [4.78, 5) is 4.39. The molecule has 0 aromatic carbocycles. The molecule has 2 rings (SSSR count). The van der Waals surface area contributed by atoms with Gasteiger partial charge in [0, 0.05) is 7.05 Å². The molecule has 0 aliphatic rings. The second kappa shape index (κ2) is 5.76. The van der Waals surface area contributed by atoms with Crippen LogP contribution in [0.3, 0.4) is 0 Å². The lowest BCUT2D eigenvalue weighted by molar-refractivity contribution is 0.514. The van der Waals surface area contributed by atoms with Crippen molar-refractivity contribution in [1.29, 1.82) is 5.26 Å². The first-order valence-corrected chi connectivity index (χ1v) is 6.91. The Morgan fingerprint density at radius 1 is 1.23 bits per heavy atom. The van der Waals surface area contributed by atoms with Crippen LogP contribution in [-0.2, 0) is 11.7 Å². The van der Waals surface area contributed by atoms with Gasteiger partial charge >= 0.3 is 8.05 Å². The second-order valence-electron chi connectivity index (χ2n) is 5.32.